The number of nitrogens with zero attached hydrogens (tertiary/aromatic N) is 1. The summed E-state index contributed by atoms with van der Waals surface area (Å²) < 4.78 is 0. The van der Waals surface area contributed by atoms with E-state index in [-0.39, 0.29) is 0 Å². The van der Waals surface area contributed by atoms with Crippen LogP contribution in [-0.4, -0.2) is 0 Å². The largest absolute Gasteiger partial charge is 0.310 e. The van der Waals surface area contributed by atoms with Crippen LogP contribution >= 0.6 is 0 Å². The lowest BCUT2D eigenvalue weighted by atomic mass is 9.89. The third-order valence-electron chi connectivity index (χ3n) is 5.48. The van der Waals surface area contributed by atoms with E-state index in [0.29, 0.717) is 11.8 Å². The third kappa shape index (κ3) is 2.57. The zero-order valence-corrected chi connectivity index (χ0v) is 14.6. The molecule has 126 valence electrons. The summed E-state index contributed by atoms with van der Waals surface area (Å²) in [5.41, 5.74) is 6.57. The molecular formula is C25H21N. The predicted molar refractivity (Wildman–Crippen MR) is 109 cm³/mol. The Morgan fingerprint density at radius 3 is 2.00 bits per heavy atom. The monoisotopic (exact) mass is 335 g/mol. The van der Waals surface area contributed by atoms with Crippen LogP contribution in [0.4, 0.5) is 17.1 Å². The molecule has 0 saturated carbocycles. The van der Waals surface area contributed by atoms with Gasteiger partial charge in [-0.15, -0.1) is 0 Å². The average molecular weight is 335 g/mol. The highest BCUT2D eigenvalue weighted by Crippen LogP contribution is 2.44. The highest BCUT2D eigenvalue weighted by Gasteiger charge is 2.30. The van der Waals surface area contributed by atoms with Crippen molar-refractivity contribution >= 4 is 17.1 Å². The Morgan fingerprint density at radius 2 is 1.31 bits per heavy atom. The van der Waals surface area contributed by atoms with Gasteiger partial charge in [0.05, 0.1) is 0 Å². The summed E-state index contributed by atoms with van der Waals surface area (Å²) in [5, 5.41) is 0. The van der Waals surface area contributed by atoms with E-state index in [1.165, 1.54) is 28.2 Å². The van der Waals surface area contributed by atoms with Gasteiger partial charge in [0, 0.05) is 23.0 Å². The Labute approximate surface area is 154 Å². The van der Waals surface area contributed by atoms with Crippen LogP contribution in [0, 0.1) is 5.92 Å². The Morgan fingerprint density at radius 1 is 0.654 bits per heavy atom. The first kappa shape index (κ1) is 15.2. The minimum absolute atomic E-state index is 0.547. The molecule has 5 rings (SSSR count). The van der Waals surface area contributed by atoms with Gasteiger partial charge in [-0.2, -0.15) is 0 Å². The number of fused-ring (bicyclic) bond motifs is 3. The lowest BCUT2D eigenvalue weighted by molar-refractivity contribution is 0.630. The standard InChI is InChI=1S/C25H21N/c1-3-10-21(11-4-1)26(22-12-5-2-6-13-22)23-15-16-25-20(18-23)17-19-9-7-8-14-24(19)25/h1-16,18-19,24H,17H2. The molecule has 26 heavy (non-hydrogen) atoms. The molecular weight excluding hydrogens is 314 g/mol. The van der Waals surface area contributed by atoms with Gasteiger partial charge in [0.15, 0.2) is 0 Å². The SMILES string of the molecule is C1=CC2Cc3cc(N(c4ccccc4)c4ccccc4)ccc3C2C=C1. The second-order valence-corrected chi connectivity index (χ2v) is 7.05. The lowest BCUT2D eigenvalue weighted by Gasteiger charge is -2.26. The maximum atomic E-state index is 2.38. The molecule has 2 unspecified atom stereocenters. The van der Waals surface area contributed by atoms with E-state index in [9.17, 15) is 0 Å². The van der Waals surface area contributed by atoms with Crippen molar-refractivity contribution in [2.45, 2.75) is 12.3 Å². The molecule has 1 heteroatoms. The molecule has 0 aliphatic heterocycles. The van der Waals surface area contributed by atoms with Gasteiger partial charge in [0.1, 0.15) is 0 Å². The van der Waals surface area contributed by atoms with Gasteiger partial charge in [-0.05, 0) is 59.9 Å². The van der Waals surface area contributed by atoms with Crippen molar-refractivity contribution in [3.05, 3.63) is 114 Å². The summed E-state index contributed by atoms with van der Waals surface area (Å²) in [6.07, 6.45) is 10.2. The molecule has 3 aromatic carbocycles. The lowest BCUT2D eigenvalue weighted by Crippen LogP contribution is -2.10. The van der Waals surface area contributed by atoms with Crippen molar-refractivity contribution in [1.82, 2.24) is 0 Å². The molecule has 0 fully saturated rings. The van der Waals surface area contributed by atoms with E-state index in [0.717, 1.165) is 6.42 Å². The van der Waals surface area contributed by atoms with E-state index in [1.54, 1.807) is 0 Å². The first-order chi connectivity index (χ1) is 12.9. The fourth-order valence-electron chi connectivity index (χ4n) is 4.27. The zero-order chi connectivity index (χ0) is 17.3. The Kier molecular flexibility index (Phi) is 3.71. The van der Waals surface area contributed by atoms with Gasteiger partial charge in [0.25, 0.3) is 0 Å². The number of para-hydroxylation sites is 2. The Balaban J connectivity index is 1.60. The summed E-state index contributed by atoms with van der Waals surface area (Å²) >= 11 is 0. The van der Waals surface area contributed by atoms with Crippen molar-refractivity contribution in [2.75, 3.05) is 4.90 Å². The minimum Gasteiger partial charge on any atom is -0.310 e. The minimum atomic E-state index is 0.547. The van der Waals surface area contributed by atoms with Crippen LogP contribution < -0.4 is 4.90 Å². The summed E-state index contributed by atoms with van der Waals surface area (Å²) in [6, 6.07) is 28.2. The summed E-state index contributed by atoms with van der Waals surface area (Å²) in [6.45, 7) is 0. The van der Waals surface area contributed by atoms with E-state index in [4.69, 9.17) is 0 Å². The van der Waals surface area contributed by atoms with Crippen molar-refractivity contribution in [3.63, 3.8) is 0 Å². The fraction of sp³-hybridized carbons (Fsp3) is 0.120. The van der Waals surface area contributed by atoms with Gasteiger partial charge in [-0.1, -0.05) is 66.8 Å². The molecule has 2 atom stereocenters. The Bertz CT molecular complexity index is 930. The maximum absolute atomic E-state index is 2.38. The molecule has 0 bridgehead atoms. The molecule has 0 spiro atoms. The number of allylic oxidation sites excluding steroid dienone is 4. The second kappa shape index (κ2) is 6.34. The predicted octanol–water partition coefficient (Wildman–Crippen LogP) is 6.54. The van der Waals surface area contributed by atoms with Gasteiger partial charge in [-0.25, -0.2) is 0 Å². The molecule has 0 aromatic heterocycles. The van der Waals surface area contributed by atoms with Crippen molar-refractivity contribution in [2.24, 2.45) is 5.92 Å². The van der Waals surface area contributed by atoms with Gasteiger partial charge < -0.3 is 4.90 Å². The van der Waals surface area contributed by atoms with Crippen LogP contribution in [0.15, 0.2) is 103 Å². The van der Waals surface area contributed by atoms with E-state index in [2.05, 4.69) is 108 Å². The smallest absolute Gasteiger partial charge is 0.0464 e. The molecule has 3 aromatic rings. The van der Waals surface area contributed by atoms with E-state index < -0.39 is 0 Å². The van der Waals surface area contributed by atoms with E-state index >= 15 is 0 Å². The number of hydrogen-bond donors (Lipinski definition) is 0. The number of benzene rings is 3. The molecule has 2 aliphatic rings. The quantitative estimate of drug-likeness (QED) is 0.525. The fourth-order valence-corrected chi connectivity index (χ4v) is 4.27. The van der Waals surface area contributed by atoms with Crippen LogP contribution in [0.5, 0.6) is 0 Å². The molecule has 0 heterocycles. The maximum Gasteiger partial charge on any atom is 0.0464 e. The number of rotatable bonds is 3. The average Bonchev–Trinajstić information content (AvgIpc) is 3.08. The zero-order valence-electron chi connectivity index (χ0n) is 14.6. The Hall–Kier alpha value is -3.06. The normalized spacial score (nSPS) is 19.8. The van der Waals surface area contributed by atoms with Gasteiger partial charge in [0.2, 0.25) is 0 Å². The van der Waals surface area contributed by atoms with Crippen LogP contribution in [0.1, 0.15) is 17.0 Å². The van der Waals surface area contributed by atoms with Crippen molar-refractivity contribution in [1.29, 1.82) is 0 Å². The van der Waals surface area contributed by atoms with Crippen molar-refractivity contribution in [3.8, 4) is 0 Å². The summed E-state index contributed by atoms with van der Waals surface area (Å²) in [7, 11) is 0. The highest BCUT2D eigenvalue weighted by atomic mass is 15.1. The number of anilines is 3. The second-order valence-electron chi connectivity index (χ2n) is 7.05. The van der Waals surface area contributed by atoms with Crippen molar-refractivity contribution < 1.29 is 0 Å². The van der Waals surface area contributed by atoms with Gasteiger partial charge >= 0.3 is 0 Å². The van der Waals surface area contributed by atoms with Gasteiger partial charge in [-0.3, -0.25) is 0 Å². The highest BCUT2D eigenvalue weighted by molar-refractivity contribution is 5.77. The van der Waals surface area contributed by atoms with E-state index in [1.807, 2.05) is 0 Å². The third-order valence-corrected chi connectivity index (χ3v) is 5.48. The first-order valence-corrected chi connectivity index (χ1v) is 9.28. The van der Waals surface area contributed by atoms with Crippen LogP contribution in [0.2, 0.25) is 0 Å². The molecule has 0 amide bonds. The molecule has 0 radical (unpaired) electrons. The molecule has 0 N–H and O–H groups in total. The summed E-state index contributed by atoms with van der Waals surface area (Å²) in [4.78, 5) is 2.34. The number of hydrogen-bond acceptors (Lipinski definition) is 1. The van der Waals surface area contributed by atoms with Crippen LogP contribution in [0.3, 0.4) is 0 Å². The summed E-state index contributed by atoms with van der Waals surface area (Å²) in [5.74, 6) is 1.16. The molecule has 1 nitrogen and oxygen atoms in total. The van der Waals surface area contributed by atoms with Crippen LogP contribution in [0.25, 0.3) is 0 Å². The van der Waals surface area contributed by atoms with Crippen LogP contribution in [-0.2, 0) is 6.42 Å². The topological polar surface area (TPSA) is 3.24 Å². The molecule has 0 saturated heterocycles. The molecule has 2 aliphatic carbocycles. The first-order valence-electron chi connectivity index (χ1n) is 9.28.